The number of hydrogen-bond acceptors (Lipinski definition) is 4. The molecule has 8 aromatic rings. The van der Waals surface area contributed by atoms with Gasteiger partial charge in [-0.05, 0) is 115 Å². The Morgan fingerprint density at radius 2 is 1.04 bits per heavy atom. The third kappa shape index (κ3) is 5.15. The summed E-state index contributed by atoms with van der Waals surface area (Å²) in [6.07, 6.45) is 1.88. The number of hydrogen-bond donors (Lipinski definition) is 0. The maximum absolute atomic E-state index is 10.6. The van der Waals surface area contributed by atoms with E-state index in [0.717, 1.165) is 33.4 Å². The molecule has 0 atom stereocenters. The van der Waals surface area contributed by atoms with Crippen LogP contribution in [0.5, 0.6) is 0 Å². The fourth-order valence-electron chi connectivity index (χ4n) is 9.73. The molecule has 1 aromatic heterocycles. The maximum atomic E-state index is 10.6. The van der Waals surface area contributed by atoms with Crippen LogP contribution in [0.25, 0.3) is 55.4 Å². The minimum absolute atomic E-state index is 0.237. The summed E-state index contributed by atoms with van der Waals surface area (Å²) >= 11 is 0. The van der Waals surface area contributed by atoms with Crippen molar-refractivity contribution in [2.75, 3.05) is 4.90 Å². The molecule has 0 aliphatic heterocycles. The van der Waals surface area contributed by atoms with Gasteiger partial charge >= 0.3 is 0 Å². The maximum Gasteiger partial charge on any atom is 0.101 e. The van der Waals surface area contributed by atoms with E-state index in [1.807, 2.05) is 30.5 Å². The Morgan fingerprint density at radius 3 is 1.63 bits per heavy atom. The number of anilines is 3. The molecular weight excluding hydrogens is 693 g/mol. The summed E-state index contributed by atoms with van der Waals surface area (Å²) in [5.74, 6) is 0. The monoisotopic (exact) mass is 730 g/mol. The number of para-hydroxylation sites is 1. The first-order valence-electron chi connectivity index (χ1n) is 19.4. The zero-order valence-electron chi connectivity index (χ0n) is 32.3. The number of nitriles is 2. The molecule has 0 saturated heterocycles. The summed E-state index contributed by atoms with van der Waals surface area (Å²) in [6, 6.07) is 58.0. The summed E-state index contributed by atoms with van der Waals surface area (Å²) in [6.45, 7) is 9.33. The fraction of sp³-hybridized carbons (Fsp3) is 0.113. The quantitative estimate of drug-likeness (QED) is 0.177. The molecule has 2 aliphatic carbocycles. The topological polar surface area (TPSA) is 63.7 Å². The number of rotatable bonds is 5. The molecule has 0 saturated carbocycles. The predicted molar refractivity (Wildman–Crippen MR) is 232 cm³/mol. The van der Waals surface area contributed by atoms with E-state index in [1.165, 1.54) is 55.6 Å². The first-order chi connectivity index (χ1) is 27.7. The van der Waals surface area contributed by atoms with Crippen molar-refractivity contribution in [3.8, 4) is 56.6 Å². The molecule has 57 heavy (non-hydrogen) atoms. The highest BCUT2D eigenvalue weighted by molar-refractivity contribution is 5.95. The van der Waals surface area contributed by atoms with Crippen molar-refractivity contribution in [3.05, 3.63) is 191 Å². The zero-order chi connectivity index (χ0) is 39.1. The minimum Gasteiger partial charge on any atom is -0.308 e. The van der Waals surface area contributed by atoms with Crippen LogP contribution in [0.4, 0.5) is 17.1 Å². The SMILES string of the molecule is CC1(C)c2ccccc2-c2cccc(-c3cc(-c4cccc5c4C(C)(C)c4ccccc4-5)cc(N(c4cnc5ccccc5c4)c4ccc(C#N)cc4C#N)c3)c21. The molecule has 0 amide bonds. The number of nitrogens with zero attached hydrogens (tertiary/aromatic N) is 4. The van der Waals surface area contributed by atoms with Gasteiger partial charge in [0.05, 0.1) is 40.3 Å². The van der Waals surface area contributed by atoms with Gasteiger partial charge in [-0.15, -0.1) is 0 Å². The molecule has 1 heterocycles. The number of pyridine rings is 1. The van der Waals surface area contributed by atoms with E-state index in [-0.39, 0.29) is 10.8 Å². The average Bonchev–Trinajstić information content (AvgIpc) is 3.63. The van der Waals surface area contributed by atoms with E-state index in [4.69, 9.17) is 4.98 Å². The van der Waals surface area contributed by atoms with E-state index < -0.39 is 0 Å². The van der Waals surface area contributed by atoms with Crippen LogP contribution in [0, 0.1) is 22.7 Å². The van der Waals surface area contributed by atoms with Crippen LogP contribution in [0.3, 0.4) is 0 Å². The third-order valence-corrected chi connectivity index (χ3v) is 12.3. The van der Waals surface area contributed by atoms with Gasteiger partial charge in [-0.1, -0.05) is 131 Å². The van der Waals surface area contributed by atoms with Crippen molar-refractivity contribution >= 4 is 28.0 Å². The Morgan fingerprint density at radius 1 is 0.491 bits per heavy atom. The molecule has 7 aromatic carbocycles. The highest BCUT2D eigenvalue weighted by Crippen LogP contribution is 2.55. The van der Waals surface area contributed by atoms with Crippen LogP contribution in [-0.4, -0.2) is 4.98 Å². The van der Waals surface area contributed by atoms with Gasteiger partial charge in [-0.25, -0.2) is 0 Å². The van der Waals surface area contributed by atoms with Gasteiger partial charge in [0, 0.05) is 21.9 Å². The second-order valence-corrected chi connectivity index (χ2v) is 16.2. The Kier molecular flexibility index (Phi) is 7.59. The molecule has 0 N–H and O–H groups in total. The average molecular weight is 731 g/mol. The normalized spacial score (nSPS) is 13.9. The molecule has 0 bridgehead atoms. The summed E-state index contributed by atoms with van der Waals surface area (Å²) in [5, 5.41) is 21.5. The van der Waals surface area contributed by atoms with Gasteiger partial charge in [0.15, 0.2) is 0 Å². The van der Waals surface area contributed by atoms with Crippen molar-refractivity contribution in [1.82, 2.24) is 4.98 Å². The van der Waals surface area contributed by atoms with E-state index >= 15 is 0 Å². The number of aromatic nitrogens is 1. The van der Waals surface area contributed by atoms with Crippen molar-refractivity contribution in [2.45, 2.75) is 38.5 Å². The number of fused-ring (bicyclic) bond motifs is 7. The lowest BCUT2D eigenvalue weighted by Crippen LogP contribution is -2.17. The van der Waals surface area contributed by atoms with Gasteiger partial charge in [0.2, 0.25) is 0 Å². The molecule has 270 valence electrons. The van der Waals surface area contributed by atoms with Gasteiger partial charge in [0.25, 0.3) is 0 Å². The second kappa shape index (κ2) is 12.6. The van der Waals surface area contributed by atoms with Crippen LogP contribution in [-0.2, 0) is 10.8 Å². The Balaban J connectivity index is 1.29. The lowest BCUT2D eigenvalue weighted by atomic mass is 9.77. The van der Waals surface area contributed by atoms with E-state index in [1.54, 1.807) is 12.1 Å². The number of benzene rings is 7. The lowest BCUT2D eigenvalue weighted by molar-refractivity contribution is 0.662. The largest absolute Gasteiger partial charge is 0.308 e. The van der Waals surface area contributed by atoms with E-state index in [2.05, 4.69) is 160 Å². The van der Waals surface area contributed by atoms with Crippen molar-refractivity contribution in [1.29, 1.82) is 10.5 Å². The standard InChI is InChI=1S/C53H38N4/c1-52(2)46-20-8-6-14-42(46)44-18-11-16-40(50(44)52)35-26-36(41-17-12-19-45-43-15-7-9-21-47(43)53(3,4)51(41)45)29-38(28-35)57(49-24-23-33(30-54)25-37(49)31-55)39-27-34-13-5-10-22-48(34)56-32-39/h5-29,32H,1-4H3. The van der Waals surface area contributed by atoms with Crippen LogP contribution >= 0.6 is 0 Å². The smallest absolute Gasteiger partial charge is 0.101 e. The Bertz CT molecular complexity index is 2940. The van der Waals surface area contributed by atoms with Crippen molar-refractivity contribution in [3.63, 3.8) is 0 Å². The van der Waals surface area contributed by atoms with Crippen LogP contribution in [0.15, 0.2) is 158 Å². The van der Waals surface area contributed by atoms with Gasteiger partial charge < -0.3 is 4.90 Å². The highest BCUT2D eigenvalue weighted by atomic mass is 15.1. The summed E-state index contributed by atoms with van der Waals surface area (Å²) in [7, 11) is 0. The molecule has 2 aliphatic rings. The fourth-order valence-corrected chi connectivity index (χ4v) is 9.73. The van der Waals surface area contributed by atoms with Gasteiger partial charge in [-0.2, -0.15) is 10.5 Å². The van der Waals surface area contributed by atoms with Crippen LogP contribution in [0.1, 0.15) is 61.1 Å². The van der Waals surface area contributed by atoms with Gasteiger partial charge in [-0.3, -0.25) is 4.98 Å². The molecule has 0 radical (unpaired) electrons. The zero-order valence-corrected chi connectivity index (χ0v) is 32.3. The molecular formula is C53H38N4. The van der Waals surface area contributed by atoms with Crippen LogP contribution < -0.4 is 4.90 Å². The molecule has 0 spiro atoms. The summed E-state index contributed by atoms with van der Waals surface area (Å²) in [5.41, 5.74) is 18.4. The van der Waals surface area contributed by atoms with Gasteiger partial charge in [0.1, 0.15) is 6.07 Å². The molecule has 0 unspecified atom stereocenters. The predicted octanol–water partition coefficient (Wildman–Crippen LogP) is 13.4. The third-order valence-electron chi connectivity index (χ3n) is 12.3. The van der Waals surface area contributed by atoms with Crippen molar-refractivity contribution in [2.24, 2.45) is 0 Å². The van der Waals surface area contributed by atoms with Crippen LogP contribution in [0.2, 0.25) is 0 Å². The van der Waals surface area contributed by atoms with E-state index in [9.17, 15) is 10.5 Å². The molecule has 0 fully saturated rings. The molecule has 10 rings (SSSR count). The Labute approximate surface area is 333 Å². The first-order valence-corrected chi connectivity index (χ1v) is 19.4. The minimum atomic E-state index is -0.237. The Hall–Kier alpha value is -7.27. The first kappa shape index (κ1) is 34.2. The highest BCUT2D eigenvalue weighted by Gasteiger charge is 2.39. The molecule has 4 nitrogen and oxygen atoms in total. The summed E-state index contributed by atoms with van der Waals surface area (Å²) < 4.78 is 0. The second-order valence-electron chi connectivity index (χ2n) is 16.2. The van der Waals surface area contributed by atoms with E-state index in [0.29, 0.717) is 16.8 Å². The summed E-state index contributed by atoms with van der Waals surface area (Å²) in [4.78, 5) is 7.04. The van der Waals surface area contributed by atoms with Crippen molar-refractivity contribution < 1.29 is 0 Å². The lowest BCUT2D eigenvalue weighted by Gasteiger charge is -2.29. The molecule has 4 heteroatoms.